The quantitative estimate of drug-likeness (QED) is 0.274. The second-order valence-corrected chi connectivity index (χ2v) is 20.5. The highest BCUT2D eigenvalue weighted by Crippen LogP contribution is 2.20. The Bertz CT molecular complexity index is 288. The van der Waals surface area contributed by atoms with Crippen LogP contribution >= 0.6 is 0 Å². The van der Waals surface area contributed by atoms with Gasteiger partial charge < -0.3 is 22.2 Å². The molecule has 0 amide bonds. The normalized spacial score (nSPS) is 13.8. The van der Waals surface area contributed by atoms with E-state index < -0.39 is 25.3 Å². The van der Waals surface area contributed by atoms with Crippen molar-refractivity contribution in [2.45, 2.75) is 66.1 Å². The van der Waals surface area contributed by atoms with Crippen molar-refractivity contribution >= 4 is 25.3 Å². The minimum Gasteiger partial charge on any atom is -0.374 e. The Morgan fingerprint density at radius 3 is 1.39 bits per heavy atom. The molecule has 0 aliphatic rings. The lowest BCUT2D eigenvalue weighted by molar-refractivity contribution is 0.0506. The number of rotatable bonds is 13. The number of hydrogen-bond acceptors (Lipinski definition) is 5. The topological polar surface area (TPSA) is 40.2 Å². The molecule has 0 rings (SSSR count). The summed E-state index contributed by atoms with van der Waals surface area (Å²) in [5, 5.41) is 0. The van der Waals surface area contributed by atoms with Crippen LogP contribution in [0.5, 0.6) is 0 Å². The van der Waals surface area contributed by atoms with E-state index in [0.29, 0.717) is 39.2 Å². The standard InChI is InChI=1S/C15H39NO4Si3/c1-10-18-23(19-11-2,20-12-3)14-13-17-15-16(21(4,5)6)22(7,8)9/h10-15H2,1-9H3. The number of nitrogens with zero attached hydrogens (tertiary/aromatic N) is 1. The van der Waals surface area contributed by atoms with E-state index in [9.17, 15) is 0 Å². The van der Waals surface area contributed by atoms with Crippen LogP contribution < -0.4 is 0 Å². The second kappa shape index (κ2) is 10.4. The summed E-state index contributed by atoms with van der Waals surface area (Å²) >= 11 is 0. The summed E-state index contributed by atoms with van der Waals surface area (Å²) in [7, 11) is -5.33. The summed E-state index contributed by atoms with van der Waals surface area (Å²) in [6, 6.07) is 0.716. The van der Waals surface area contributed by atoms with Crippen molar-refractivity contribution in [1.29, 1.82) is 0 Å². The Hall–Kier alpha value is 0.451. The Morgan fingerprint density at radius 2 is 1.09 bits per heavy atom. The van der Waals surface area contributed by atoms with E-state index in [2.05, 4.69) is 43.5 Å². The molecule has 0 heterocycles. The summed E-state index contributed by atoms with van der Waals surface area (Å²) in [6.07, 6.45) is 0. The van der Waals surface area contributed by atoms with Crippen LogP contribution in [0.2, 0.25) is 45.3 Å². The van der Waals surface area contributed by atoms with Gasteiger partial charge in [-0.1, -0.05) is 39.3 Å². The molecule has 0 unspecified atom stereocenters. The molecule has 0 spiro atoms. The van der Waals surface area contributed by atoms with Crippen LogP contribution in [0.15, 0.2) is 0 Å². The average molecular weight is 382 g/mol. The maximum atomic E-state index is 6.03. The minimum absolute atomic E-state index is 0.613. The number of hydrogen-bond donors (Lipinski definition) is 0. The van der Waals surface area contributed by atoms with Crippen molar-refractivity contribution in [3.63, 3.8) is 0 Å². The molecule has 0 bridgehead atoms. The summed E-state index contributed by atoms with van der Waals surface area (Å²) in [6.45, 7) is 23.4. The zero-order chi connectivity index (χ0) is 18.1. The van der Waals surface area contributed by atoms with Crippen LogP contribution in [0.25, 0.3) is 0 Å². The van der Waals surface area contributed by atoms with E-state index in [-0.39, 0.29) is 0 Å². The first kappa shape index (κ1) is 23.5. The van der Waals surface area contributed by atoms with Gasteiger partial charge in [-0.2, -0.15) is 0 Å². The van der Waals surface area contributed by atoms with Gasteiger partial charge >= 0.3 is 8.80 Å². The van der Waals surface area contributed by atoms with Gasteiger partial charge in [0.15, 0.2) is 0 Å². The number of ether oxygens (including phenoxy) is 1. The van der Waals surface area contributed by atoms with Crippen molar-refractivity contribution < 1.29 is 18.0 Å². The molecule has 0 atom stereocenters. The van der Waals surface area contributed by atoms with Crippen LogP contribution in [0.1, 0.15) is 20.8 Å². The van der Waals surface area contributed by atoms with Gasteiger partial charge in [-0.15, -0.1) is 0 Å². The van der Waals surface area contributed by atoms with Crippen LogP contribution in [0, 0.1) is 0 Å². The molecule has 0 saturated heterocycles. The smallest absolute Gasteiger partial charge is 0.374 e. The molecule has 5 nitrogen and oxygen atoms in total. The molecule has 0 fully saturated rings. The van der Waals surface area contributed by atoms with Crippen LogP contribution in [0.4, 0.5) is 0 Å². The fourth-order valence-corrected chi connectivity index (χ4v) is 14.2. The first-order valence-corrected chi connectivity index (χ1v) is 17.6. The average Bonchev–Trinajstić information content (AvgIpc) is 2.36. The zero-order valence-corrected chi connectivity index (χ0v) is 19.8. The van der Waals surface area contributed by atoms with E-state index >= 15 is 0 Å². The summed E-state index contributed by atoms with van der Waals surface area (Å²) in [5.41, 5.74) is 0. The fraction of sp³-hybridized carbons (Fsp3) is 1.00. The van der Waals surface area contributed by atoms with E-state index in [4.69, 9.17) is 18.0 Å². The summed E-state index contributed by atoms with van der Waals surface area (Å²) < 4.78 is 26.3. The summed E-state index contributed by atoms with van der Waals surface area (Å²) in [4.78, 5) is 0. The fourth-order valence-electron chi connectivity index (χ4n) is 2.75. The second-order valence-electron chi connectivity index (χ2n) is 7.54. The molecule has 0 radical (unpaired) electrons. The van der Waals surface area contributed by atoms with E-state index in [1.54, 1.807) is 0 Å². The molecule has 0 aliphatic carbocycles. The van der Waals surface area contributed by atoms with E-state index in [0.717, 1.165) is 0 Å². The third-order valence-electron chi connectivity index (χ3n) is 3.49. The van der Waals surface area contributed by atoms with Crippen molar-refractivity contribution in [3.8, 4) is 0 Å². The van der Waals surface area contributed by atoms with Gasteiger partial charge in [0.05, 0.1) is 13.3 Å². The van der Waals surface area contributed by atoms with Crippen molar-refractivity contribution in [2.24, 2.45) is 0 Å². The third kappa shape index (κ3) is 8.92. The molecule has 0 saturated carbocycles. The molecular weight excluding hydrogens is 342 g/mol. The largest absolute Gasteiger partial charge is 0.503 e. The molecule has 23 heavy (non-hydrogen) atoms. The third-order valence-corrected chi connectivity index (χ3v) is 14.0. The first-order valence-electron chi connectivity index (χ1n) is 8.79. The highest BCUT2D eigenvalue weighted by molar-refractivity contribution is 6.89. The Morgan fingerprint density at radius 1 is 0.696 bits per heavy atom. The molecular formula is C15H39NO4Si3. The van der Waals surface area contributed by atoms with Crippen LogP contribution in [-0.2, 0) is 18.0 Å². The van der Waals surface area contributed by atoms with E-state index in [1.807, 2.05) is 20.8 Å². The minimum atomic E-state index is -2.58. The lowest BCUT2D eigenvalue weighted by atomic mass is 10.8. The molecule has 140 valence electrons. The van der Waals surface area contributed by atoms with Gasteiger partial charge in [0.2, 0.25) is 0 Å². The van der Waals surface area contributed by atoms with Gasteiger partial charge in [-0.25, -0.2) is 0 Å². The van der Waals surface area contributed by atoms with Crippen LogP contribution in [-0.4, -0.2) is 62.7 Å². The first-order chi connectivity index (χ1) is 10.5. The Balaban J connectivity index is 4.63. The lowest BCUT2D eigenvalue weighted by Gasteiger charge is -2.43. The SMILES string of the molecule is CCO[Si](CCOCN([Si](C)(C)C)[Si](C)(C)C)(OCC)OCC. The highest BCUT2D eigenvalue weighted by atomic mass is 28.4. The monoisotopic (exact) mass is 381 g/mol. The molecule has 8 heteroatoms. The van der Waals surface area contributed by atoms with Gasteiger partial charge in [-0.3, -0.25) is 0 Å². The van der Waals surface area contributed by atoms with Gasteiger partial charge in [0.25, 0.3) is 0 Å². The van der Waals surface area contributed by atoms with Crippen molar-refractivity contribution in [1.82, 2.24) is 4.23 Å². The molecule has 0 aromatic rings. The Kier molecular flexibility index (Phi) is 10.6. The highest BCUT2D eigenvalue weighted by Gasteiger charge is 2.40. The predicted octanol–water partition coefficient (Wildman–Crippen LogP) is 3.98. The molecule has 0 aromatic carbocycles. The Labute approximate surface area is 147 Å². The van der Waals surface area contributed by atoms with Crippen molar-refractivity contribution in [3.05, 3.63) is 0 Å². The molecule has 0 N–H and O–H groups in total. The molecule has 0 aromatic heterocycles. The maximum Gasteiger partial charge on any atom is 0.503 e. The lowest BCUT2D eigenvalue weighted by Crippen LogP contribution is -2.59. The van der Waals surface area contributed by atoms with Gasteiger partial charge in [-0.05, 0) is 20.8 Å². The predicted molar refractivity (Wildman–Crippen MR) is 105 cm³/mol. The van der Waals surface area contributed by atoms with E-state index in [1.165, 1.54) is 0 Å². The summed E-state index contributed by atoms with van der Waals surface area (Å²) in [5.74, 6) is 0. The van der Waals surface area contributed by atoms with Gasteiger partial charge in [0, 0.05) is 25.9 Å². The zero-order valence-electron chi connectivity index (χ0n) is 16.8. The van der Waals surface area contributed by atoms with Crippen LogP contribution in [0.3, 0.4) is 0 Å². The van der Waals surface area contributed by atoms with Crippen molar-refractivity contribution in [2.75, 3.05) is 33.2 Å². The van der Waals surface area contributed by atoms with Gasteiger partial charge in [0.1, 0.15) is 16.5 Å². The maximum absolute atomic E-state index is 6.03. The molecule has 0 aliphatic heterocycles.